The molecule has 0 spiro atoms. The first-order valence-electron chi connectivity index (χ1n) is 9.17. The van der Waals surface area contributed by atoms with E-state index in [0.29, 0.717) is 18.3 Å². The number of piperidine rings is 1. The first-order chi connectivity index (χ1) is 12.2. The van der Waals surface area contributed by atoms with Crippen LogP contribution in [-0.4, -0.2) is 41.1 Å². The lowest BCUT2D eigenvalue weighted by Crippen LogP contribution is -2.30. The summed E-state index contributed by atoms with van der Waals surface area (Å²) >= 11 is 0. The molecule has 0 N–H and O–H groups in total. The molecule has 0 bridgehead atoms. The van der Waals surface area contributed by atoms with Crippen LogP contribution in [0.5, 0.6) is 5.88 Å². The van der Waals surface area contributed by atoms with Crippen LogP contribution < -0.4 is 4.74 Å². The van der Waals surface area contributed by atoms with Crippen molar-refractivity contribution in [2.24, 2.45) is 0 Å². The summed E-state index contributed by atoms with van der Waals surface area (Å²) in [6.07, 6.45) is 6.22. The summed E-state index contributed by atoms with van der Waals surface area (Å²) in [6, 6.07) is 8.06. The molecule has 0 radical (unpaired) electrons. The summed E-state index contributed by atoms with van der Waals surface area (Å²) < 4.78 is 18.9. The number of likely N-dealkylation sites (tertiary alicyclic amines) is 1. The molecule has 1 aromatic carbocycles. The molecule has 3 rings (SSSR count). The maximum absolute atomic E-state index is 13.1. The summed E-state index contributed by atoms with van der Waals surface area (Å²) in [5.74, 6) is 0.898. The average Bonchev–Trinajstić information content (AvgIpc) is 2.62. The van der Waals surface area contributed by atoms with Crippen LogP contribution in [0.3, 0.4) is 0 Å². The van der Waals surface area contributed by atoms with E-state index in [1.54, 1.807) is 12.1 Å². The third kappa shape index (κ3) is 5.49. The molecule has 5 heteroatoms. The fraction of sp³-hybridized carbons (Fsp3) is 0.500. The van der Waals surface area contributed by atoms with E-state index < -0.39 is 0 Å². The first-order valence-corrected chi connectivity index (χ1v) is 9.17. The third-order valence-corrected chi connectivity index (χ3v) is 4.50. The van der Waals surface area contributed by atoms with Crippen molar-refractivity contribution in [1.82, 2.24) is 14.9 Å². The molecule has 0 aliphatic carbocycles. The van der Waals surface area contributed by atoms with Gasteiger partial charge in [0.2, 0.25) is 5.88 Å². The Bertz CT molecular complexity index is 669. The van der Waals surface area contributed by atoms with Gasteiger partial charge in [0.1, 0.15) is 5.82 Å². The largest absolute Gasteiger partial charge is 0.478 e. The number of nitrogens with zero attached hydrogens (tertiary/aromatic N) is 3. The van der Waals surface area contributed by atoms with Gasteiger partial charge in [-0.1, -0.05) is 6.42 Å². The van der Waals surface area contributed by atoms with Crippen molar-refractivity contribution in [1.29, 1.82) is 0 Å². The number of aryl methyl sites for hydroxylation is 1. The molecule has 1 aliphatic rings. The lowest BCUT2D eigenvalue weighted by molar-refractivity contribution is 0.215. The monoisotopic (exact) mass is 343 g/mol. The van der Waals surface area contributed by atoms with Crippen molar-refractivity contribution in [2.75, 3.05) is 26.2 Å². The van der Waals surface area contributed by atoms with E-state index in [2.05, 4.69) is 14.9 Å². The SMILES string of the molecule is Cc1cc(OCCCCN2CCCCC2)nc(-c2ccc(F)cc2)n1. The molecular formula is C20H26FN3O. The maximum Gasteiger partial charge on any atom is 0.217 e. The molecule has 1 aromatic heterocycles. The topological polar surface area (TPSA) is 38.2 Å². The van der Waals surface area contributed by atoms with E-state index in [1.807, 2.05) is 13.0 Å². The molecule has 0 saturated carbocycles. The van der Waals surface area contributed by atoms with Gasteiger partial charge in [-0.15, -0.1) is 0 Å². The number of rotatable bonds is 7. The van der Waals surface area contributed by atoms with Gasteiger partial charge in [-0.25, -0.2) is 9.37 Å². The normalized spacial score (nSPS) is 15.3. The highest BCUT2D eigenvalue weighted by Gasteiger charge is 2.09. The van der Waals surface area contributed by atoms with E-state index >= 15 is 0 Å². The van der Waals surface area contributed by atoms with E-state index in [0.717, 1.165) is 30.6 Å². The average molecular weight is 343 g/mol. The minimum absolute atomic E-state index is 0.262. The van der Waals surface area contributed by atoms with Crippen LogP contribution in [0.4, 0.5) is 4.39 Å². The zero-order chi connectivity index (χ0) is 17.5. The fourth-order valence-electron chi connectivity index (χ4n) is 3.14. The molecule has 2 aromatic rings. The van der Waals surface area contributed by atoms with Gasteiger partial charge < -0.3 is 9.64 Å². The van der Waals surface area contributed by atoms with Gasteiger partial charge in [0.25, 0.3) is 0 Å². The second kappa shape index (κ2) is 8.90. The lowest BCUT2D eigenvalue weighted by atomic mass is 10.1. The van der Waals surface area contributed by atoms with E-state index in [9.17, 15) is 4.39 Å². The minimum Gasteiger partial charge on any atom is -0.478 e. The Morgan fingerprint density at radius 3 is 2.56 bits per heavy atom. The number of ether oxygens (including phenoxy) is 1. The van der Waals surface area contributed by atoms with Gasteiger partial charge in [0.05, 0.1) is 6.61 Å². The van der Waals surface area contributed by atoms with Crippen LogP contribution in [0.1, 0.15) is 37.8 Å². The van der Waals surface area contributed by atoms with Crippen molar-refractivity contribution >= 4 is 0 Å². The van der Waals surface area contributed by atoms with Gasteiger partial charge in [0.15, 0.2) is 5.82 Å². The Labute approximate surface area is 149 Å². The molecule has 1 saturated heterocycles. The number of hydrogen-bond donors (Lipinski definition) is 0. The predicted molar refractivity (Wildman–Crippen MR) is 97.2 cm³/mol. The standard InChI is InChI=1S/C20H26FN3O/c1-16-15-19(23-20(22-16)17-7-9-18(21)10-8-17)25-14-6-5-13-24-11-3-2-4-12-24/h7-10,15H,2-6,11-14H2,1H3. The summed E-state index contributed by atoms with van der Waals surface area (Å²) in [5, 5.41) is 0. The third-order valence-electron chi connectivity index (χ3n) is 4.50. The highest BCUT2D eigenvalue weighted by Crippen LogP contribution is 2.19. The molecule has 4 nitrogen and oxygen atoms in total. The highest BCUT2D eigenvalue weighted by atomic mass is 19.1. The van der Waals surface area contributed by atoms with Crippen LogP contribution in [0.25, 0.3) is 11.4 Å². The van der Waals surface area contributed by atoms with Crippen LogP contribution >= 0.6 is 0 Å². The van der Waals surface area contributed by atoms with Gasteiger partial charge in [-0.05, 0) is 76.5 Å². The molecule has 134 valence electrons. The van der Waals surface area contributed by atoms with Crippen molar-refractivity contribution in [3.63, 3.8) is 0 Å². The van der Waals surface area contributed by atoms with Crippen LogP contribution in [-0.2, 0) is 0 Å². The molecule has 0 amide bonds. The zero-order valence-corrected chi connectivity index (χ0v) is 14.9. The van der Waals surface area contributed by atoms with Gasteiger partial charge in [0, 0.05) is 17.3 Å². The van der Waals surface area contributed by atoms with Crippen molar-refractivity contribution in [3.8, 4) is 17.3 Å². The van der Waals surface area contributed by atoms with Crippen molar-refractivity contribution in [3.05, 3.63) is 41.8 Å². The number of halogens is 1. The van der Waals surface area contributed by atoms with Crippen LogP contribution in [0.2, 0.25) is 0 Å². The Morgan fingerprint density at radius 1 is 1.04 bits per heavy atom. The van der Waals surface area contributed by atoms with E-state index in [4.69, 9.17) is 4.74 Å². The molecule has 2 heterocycles. The molecule has 25 heavy (non-hydrogen) atoms. The second-order valence-corrected chi connectivity index (χ2v) is 6.64. The minimum atomic E-state index is -0.262. The number of hydrogen-bond acceptors (Lipinski definition) is 4. The molecule has 0 atom stereocenters. The number of aromatic nitrogens is 2. The van der Waals surface area contributed by atoms with Crippen LogP contribution in [0, 0.1) is 12.7 Å². The Balaban J connectivity index is 1.49. The fourth-order valence-corrected chi connectivity index (χ4v) is 3.14. The molecule has 0 unspecified atom stereocenters. The van der Waals surface area contributed by atoms with Gasteiger partial charge in [-0.2, -0.15) is 4.98 Å². The summed E-state index contributed by atoms with van der Waals surface area (Å²) in [6.45, 7) is 6.22. The van der Waals surface area contributed by atoms with Crippen LogP contribution in [0.15, 0.2) is 30.3 Å². The predicted octanol–water partition coefficient (Wildman–Crippen LogP) is 4.24. The van der Waals surface area contributed by atoms with Crippen molar-refractivity contribution in [2.45, 2.75) is 39.0 Å². The smallest absolute Gasteiger partial charge is 0.217 e. The molecule has 1 fully saturated rings. The maximum atomic E-state index is 13.1. The van der Waals surface area contributed by atoms with E-state index in [1.165, 1.54) is 44.5 Å². The van der Waals surface area contributed by atoms with Gasteiger partial charge in [-0.3, -0.25) is 0 Å². The quantitative estimate of drug-likeness (QED) is 0.705. The van der Waals surface area contributed by atoms with Crippen molar-refractivity contribution < 1.29 is 9.13 Å². The zero-order valence-electron chi connectivity index (χ0n) is 14.9. The lowest BCUT2D eigenvalue weighted by Gasteiger charge is -2.26. The second-order valence-electron chi connectivity index (χ2n) is 6.64. The molecular weight excluding hydrogens is 317 g/mol. The Kier molecular flexibility index (Phi) is 6.34. The highest BCUT2D eigenvalue weighted by molar-refractivity contribution is 5.55. The molecule has 1 aliphatic heterocycles. The number of unbranched alkanes of at least 4 members (excludes halogenated alkanes) is 1. The first kappa shape index (κ1) is 17.8. The summed E-state index contributed by atoms with van der Waals surface area (Å²) in [4.78, 5) is 11.4. The Morgan fingerprint density at radius 2 is 1.80 bits per heavy atom. The van der Waals surface area contributed by atoms with Gasteiger partial charge >= 0.3 is 0 Å². The van der Waals surface area contributed by atoms with E-state index in [-0.39, 0.29) is 5.82 Å². The summed E-state index contributed by atoms with van der Waals surface area (Å²) in [5.41, 5.74) is 1.64. The summed E-state index contributed by atoms with van der Waals surface area (Å²) in [7, 11) is 0. The number of benzene rings is 1. The Hall–Kier alpha value is -2.01.